The summed E-state index contributed by atoms with van der Waals surface area (Å²) in [6.45, 7) is 0.818. The van der Waals surface area contributed by atoms with Crippen LogP contribution in [0.5, 0.6) is 0 Å². The molecule has 0 spiro atoms. The SMILES string of the molecule is O=C(O)C1CCCN(C(=O)c2ccno2)C1. The highest BCUT2D eigenvalue weighted by molar-refractivity contribution is 5.91. The van der Waals surface area contributed by atoms with Gasteiger partial charge in [0.1, 0.15) is 0 Å². The molecule has 86 valence electrons. The van der Waals surface area contributed by atoms with Crippen LogP contribution >= 0.6 is 0 Å². The number of rotatable bonds is 2. The van der Waals surface area contributed by atoms with Crippen molar-refractivity contribution in [3.63, 3.8) is 0 Å². The Hall–Kier alpha value is -1.85. The minimum absolute atomic E-state index is 0.158. The molecular weight excluding hydrogens is 212 g/mol. The van der Waals surface area contributed by atoms with E-state index in [1.807, 2.05) is 0 Å². The standard InChI is InChI=1S/C10H12N2O4/c13-9(8-3-4-11-16-8)12-5-1-2-7(6-12)10(14)15/h3-4,7H,1-2,5-6H2,(H,14,15). The second kappa shape index (κ2) is 4.34. The monoisotopic (exact) mass is 224 g/mol. The third kappa shape index (κ3) is 2.05. The Morgan fingerprint density at radius 2 is 2.38 bits per heavy atom. The number of likely N-dealkylation sites (tertiary alicyclic amines) is 1. The molecule has 2 heterocycles. The number of hydrogen-bond donors (Lipinski definition) is 1. The Kier molecular flexibility index (Phi) is 2.89. The first-order valence-electron chi connectivity index (χ1n) is 5.11. The number of nitrogens with zero attached hydrogens (tertiary/aromatic N) is 2. The second-order valence-corrected chi connectivity index (χ2v) is 3.81. The molecule has 1 aliphatic rings. The van der Waals surface area contributed by atoms with Gasteiger partial charge in [0, 0.05) is 19.2 Å². The number of aromatic nitrogens is 1. The lowest BCUT2D eigenvalue weighted by molar-refractivity contribution is -0.143. The van der Waals surface area contributed by atoms with Crippen molar-refractivity contribution in [3.8, 4) is 0 Å². The van der Waals surface area contributed by atoms with Crippen LogP contribution in [-0.2, 0) is 4.79 Å². The summed E-state index contributed by atoms with van der Waals surface area (Å²) in [5.74, 6) is -1.45. The maximum absolute atomic E-state index is 11.8. The summed E-state index contributed by atoms with van der Waals surface area (Å²) in [5.41, 5.74) is 0. The van der Waals surface area contributed by atoms with Crippen molar-refractivity contribution in [1.82, 2.24) is 10.1 Å². The van der Waals surface area contributed by atoms with Gasteiger partial charge in [0.05, 0.1) is 12.1 Å². The highest BCUT2D eigenvalue weighted by atomic mass is 16.5. The largest absolute Gasteiger partial charge is 0.481 e. The van der Waals surface area contributed by atoms with Crippen LogP contribution in [0.25, 0.3) is 0 Å². The third-order valence-electron chi connectivity index (χ3n) is 2.71. The molecule has 1 unspecified atom stereocenters. The number of aliphatic carboxylic acids is 1. The maximum Gasteiger partial charge on any atom is 0.308 e. The number of carbonyl (C=O) groups excluding carboxylic acids is 1. The Bertz CT molecular complexity index is 388. The number of carboxylic acids is 1. The summed E-state index contributed by atoms with van der Waals surface area (Å²) in [6.07, 6.45) is 2.72. The first-order chi connectivity index (χ1) is 7.68. The molecule has 16 heavy (non-hydrogen) atoms. The number of carboxylic acid groups (broad SMARTS) is 1. The molecule has 1 N–H and O–H groups in total. The lowest BCUT2D eigenvalue weighted by Crippen LogP contribution is -2.42. The van der Waals surface area contributed by atoms with Gasteiger partial charge in [0.25, 0.3) is 5.91 Å². The van der Waals surface area contributed by atoms with Gasteiger partial charge < -0.3 is 14.5 Å². The zero-order chi connectivity index (χ0) is 11.5. The van der Waals surface area contributed by atoms with Crippen LogP contribution in [0.3, 0.4) is 0 Å². The molecule has 0 bridgehead atoms. The summed E-state index contributed by atoms with van der Waals surface area (Å²) >= 11 is 0. The maximum atomic E-state index is 11.8. The minimum Gasteiger partial charge on any atom is -0.481 e. The highest BCUT2D eigenvalue weighted by Gasteiger charge is 2.29. The Morgan fingerprint density at radius 1 is 1.56 bits per heavy atom. The molecule has 1 atom stereocenters. The molecule has 1 aliphatic heterocycles. The van der Waals surface area contributed by atoms with Gasteiger partial charge in [0.2, 0.25) is 5.76 Å². The molecule has 1 amide bonds. The Balaban J connectivity index is 2.05. The van der Waals surface area contributed by atoms with E-state index in [4.69, 9.17) is 9.63 Å². The van der Waals surface area contributed by atoms with Crippen molar-refractivity contribution in [3.05, 3.63) is 18.0 Å². The van der Waals surface area contributed by atoms with Crippen molar-refractivity contribution in [2.75, 3.05) is 13.1 Å². The fourth-order valence-corrected chi connectivity index (χ4v) is 1.85. The first-order valence-corrected chi connectivity index (χ1v) is 5.11. The summed E-state index contributed by atoms with van der Waals surface area (Å²) < 4.78 is 4.76. The normalized spacial score (nSPS) is 20.8. The predicted molar refractivity (Wildman–Crippen MR) is 52.8 cm³/mol. The molecule has 0 aliphatic carbocycles. The van der Waals surface area contributed by atoms with Gasteiger partial charge in [-0.2, -0.15) is 0 Å². The van der Waals surface area contributed by atoms with E-state index in [0.717, 1.165) is 0 Å². The average molecular weight is 224 g/mol. The summed E-state index contributed by atoms with van der Waals surface area (Å²) in [4.78, 5) is 24.2. The number of piperidine rings is 1. The Labute approximate surface area is 91.8 Å². The van der Waals surface area contributed by atoms with Crippen molar-refractivity contribution in [2.24, 2.45) is 5.92 Å². The van der Waals surface area contributed by atoms with Gasteiger partial charge in [-0.05, 0) is 12.8 Å². The van der Waals surface area contributed by atoms with Crippen LogP contribution in [0.4, 0.5) is 0 Å². The lowest BCUT2D eigenvalue weighted by Gasteiger charge is -2.29. The van der Waals surface area contributed by atoms with Gasteiger partial charge in [-0.1, -0.05) is 5.16 Å². The highest BCUT2D eigenvalue weighted by Crippen LogP contribution is 2.18. The van der Waals surface area contributed by atoms with Crippen LogP contribution < -0.4 is 0 Å². The van der Waals surface area contributed by atoms with E-state index < -0.39 is 11.9 Å². The van der Waals surface area contributed by atoms with Crippen LogP contribution in [0.1, 0.15) is 23.4 Å². The van der Waals surface area contributed by atoms with Crippen LogP contribution in [0.15, 0.2) is 16.8 Å². The Morgan fingerprint density at radius 3 is 3.00 bits per heavy atom. The molecule has 1 saturated heterocycles. The van der Waals surface area contributed by atoms with Gasteiger partial charge in [-0.25, -0.2) is 0 Å². The molecule has 0 radical (unpaired) electrons. The van der Waals surface area contributed by atoms with Gasteiger partial charge in [-0.15, -0.1) is 0 Å². The molecule has 1 aromatic rings. The van der Waals surface area contributed by atoms with Crippen LogP contribution in [0.2, 0.25) is 0 Å². The molecule has 0 saturated carbocycles. The quantitative estimate of drug-likeness (QED) is 0.795. The van der Waals surface area contributed by atoms with E-state index >= 15 is 0 Å². The molecule has 6 heteroatoms. The van der Waals surface area contributed by atoms with Crippen molar-refractivity contribution in [1.29, 1.82) is 0 Å². The summed E-state index contributed by atoms with van der Waals surface area (Å²) in [7, 11) is 0. The van der Waals surface area contributed by atoms with E-state index in [1.165, 1.54) is 17.2 Å². The summed E-state index contributed by atoms with van der Waals surface area (Å²) in [6, 6.07) is 1.48. The van der Waals surface area contributed by atoms with E-state index in [0.29, 0.717) is 19.4 Å². The fraction of sp³-hybridized carbons (Fsp3) is 0.500. The van der Waals surface area contributed by atoms with Crippen molar-refractivity contribution >= 4 is 11.9 Å². The second-order valence-electron chi connectivity index (χ2n) is 3.81. The smallest absolute Gasteiger partial charge is 0.308 e. The van der Waals surface area contributed by atoms with Crippen LogP contribution in [0, 0.1) is 5.92 Å². The average Bonchev–Trinajstić information content (AvgIpc) is 2.81. The molecule has 6 nitrogen and oxygen atoms in total. The van der Waals surface area contributed by atoms with Crippen molar-refractivity contribution in [2.45, 2.75) is 12.8 Å². The number of carbonyl (C=O) groups is 2. The molecular formula is C10H12N2O4. The van der Waals surface area contributed by atoms with E-state index in [-0.39, 0.29) is 18.2 Å². The van der Waals surface area contributed by atoms with Gasteiger partial charge >= 0.3 is 5.97 Å². The third-order valence-corrected chi connectivity index (χ3v) is 2.71. The fourth-order valence-electron chi connectivity index (χ4n) is 1.85. The summed E-state index contributed by atoms with van der Waals surface area (Å²) in [5, 5.41) is 12.3. The molecule has 2 rings (SSSR count). The number of amides is 1. The van der Waals surface area contributed by atoms with Crippen molar-refractivity contribution < 1.29 is 19.2 Å². The topological polar surface area (TPSA) is 83.6 Å². The zero-order valence-corrected chi connectivity index (χ0v) is 8.63. The molecule has 1 fully saturated rings. The van der Waals surface area contributed by atoms with E-state index in [9.17, 15) is 9.59 Å². The minimum atomic E-state index is -0.852. The van der Waals surface area contributed by atoms with E-state index in [1.54, 1.807) is 0 Å². The van der Waals surface area contributed by atoms with E-state index in [2.05, 4.69) is 5.16 Å². The number of hydrogen-bond acceptors (Lipinski definition) is 4. The zero-order valence-electron chi connectivity index (χ0n) is 8.63. The lowest BCUT2D eigenvalue weighted by atomic mass is 9.98. The van der Waals surface area contributed by atoms with Gasteiger partial charge in [-0.3, -0.25) is 9.59 Å². The first kappa shape index (κ1) is 10.7. The van der Waals surface area contributed by atoms with Crippen LogP contribution in [-0.4, -0.2) is 40.1 Å². The molecule has 0 aromatic carbocycles. The molecule has 1 aromatic heterocycles. The van der Waals surface area contributed by atoms with Gasteiger partial charge in [0.15, 0.2) is 0 Å². The predicted octanol–water partition coefficient (Wildman–Crippen LogP) is 0.611.